The largest absolute Gasteiger partial charge is 0.496 e. The first-order chi connectivity index (χ1) is 14.6. The molecule has 158 valence electrons. The molecule has 7 heteroatoms. The third-order valence-corrected chi connectivity index (χ3v) is 5.78. The predicted molar refractivity (Wildman–Crippen MR) is 121 cm³/mol. The van der Waals surface area contributed by atoms with Gasteiger partial charge in [0.1, 0.15) is 5.75 Å². The maximum absolute atomic E-state index is 12.9. The summed E-state index contributed by atoms with van der Waals surface area (Å²) < 4.78 is 7.04. The van der Waals surface area contributed by atoms with Crippen LogP contribution in [0.1, 0.15) is 25.3 Å². The van der Waals surface area contributed by atoms with Crippen LogP contribution in [0.25, 0.3) is 10.9 Å². The van der Waals surface area contributed by atoms with E-state index in [1.165, 1.54) is 11.8 Å². The third-order valence-electron chi connectivity index (χ3n) is 4.80. The number of fused-ring (bicyclic) bond motifs is 1. The Balaban J connectivity index is 1.64. The molecular formula is C23H27N3O3S. The van der Waals surface area contributed by atoms with Gasteiger partial charge in [0.25, 0.3) is 5.56 Å². The van der Waals surface area contributed by atoms with Crippen LogP contribution in [-0.2, 0) is 17.8 Å². The van der Waals surface area contributed by atoms with Gasteiger partial charge < -0.3 is 10.1 Å². The van der Waals surface area contributed by atoms with Gasteiger partial charge in [-0.15, -0.1) is 0 Å². The van der Waals surface area contributed by atoms with Gasteiger partial charge in [-0.2, -0.15) is 0 Å². The quantitative estimate of drug-likeness (QED) is 0.396. The molecule has 1 heterocycles. The number of nitrogens with one attached hydrogen (secondary N) is 1. The number of carbonyl (C=O) groups excluding carboxylic acids is 1. The molecule has 0 atom stereocenters. The summed E-state index contributed by atoms with van der Waals surface area (Å²) >= 11 is 1.30. The molecule has 0 saturated heterocycles. The fourth-order valence-electron chi connectivity index (χ4n) is 3.20. The Hall–Kier alpha value is -2.80. The lowest BCUT2D eigenvalue weighted by molar-refractivity contribution is -0.118. The van der Waals surface area contributed by atoms with E-state index in [0.717, 1.165) is 24.2 Å². The van der Waals surface area contributed by atoms with Gasteiger partial charge in [0.05, 0.1) is 23.8 Å². The molecule has 30 heavy (non-hydrogen) atoms. The van der Waals surface area contributed by atoms with Crippen molar-refractivity contribution < 1.29 is 9.53 Å². The lowest BCUT2D eigenvalue weighted by Crippen LogP contribution is -2.28. The fourth-order valence-corrected chi connectivity index (χ4v) is 4.05. The zero-order chi connectivity index (χ0) is 21.3. The normalized spacial score (nSPS) is 10.9. The lowest BCUT2D eigenvalue weighted by atomic mass is 10.1. The second-order valence-electron chi connectivity index (χ2n) is 6.92. The lowest BCUT2D eigenvalue weighted by Gasteiger charge is -2.13. The third kappa shape index (κ3) is 5.42. The summed E-state index contributed by atoms with van der Waals surface area (Å²) in [5, 5.41) is 4.14. The molecule has 3 rings (SSSR count). The topological polar surface area (TPSA) is 73.2 Å². The molecule has 0 radical (unpaired) electrons. The van der Waals surface area contributed by atoms with Crippen LogP contribution in [0.4, 0.5) is 0 Å². The number of hydrogen-bond acceptors (Lipinski definition) is 5. The number of carbonyl (C=O) groups is 1. The van der Waals surface area contributed by atoms with Crippen molar-refractivity contribution in [3.05, 3.63) is 64.4 Å². The molecule has 0 spiro atoms. The maximum Gasteiger partial charge on any atom is 0.262 e. The van der Waals surface area contributed by atoms with E-state index in [4.69, 9.17) is 4.74 Å². The first-order valence-electron chi connectivity index (χ1n) is 10.1. The zero-order valence-corrected chi connectivity index (χ0v) is 18.2. The van der Waals surface area contributed by atoms with E-state index < -0.39 is 0 Å². The second kappa shape index (κ2) is 10.8. The number of nitrogens with zero attached hydrogens (tertiary/aromatic N) is 2. The van der Waals surface area contributed by atoms with Crippen molar-refractivity contribution in [1.82, 2.24) is 14.9 Å². The Morgan fingerprint density at radius 1 is 1.17 bits per heavy atom. The highest BCUT2D eigenvalue weighted by molar-refractivity contribution is 7.99. The molecule has 3 aromatic rings. The Labute approximate surface area is 180 Å². The van der Waals surface area contributed by atoms with E-state index >= 15 is 0 Å². The van der Waals surface area contributed by atoms with Crippen LogP contribution in [0.3, 0.4) is 0 Å². The number of benzene rings is 2. The minimum atomic E-state index is -0.0839. The molecule has 1 N–H and O–H groups in total. The molecule has 1 aromatic heterocycles. The number of para-hydroxylation sites is 2. The van der Waals surface area contributed by atoms with Crippen molar-refractivity contribution in [2.24, 2.45) is 0 Å². The smallest absolute Gasteiger partial charge is 0.262 e. The van der Waals surface area contributed by atoms with Gasteiger partial charge in [0.2, 0.25) is 5.91 Å². The van der Waals surface area contributed by atoms with Crippen LogP contribution < -0.4 is 15.6 Å². The summed E-state index contributed by atoms with van der Waals surface area (Å²) in [6.45, 7) is 3.21. The average Bonchev–Trinajstić information content (AvgIpc) is 2.77. The molecule has 0 fully saturated rings. The molecule has 0 unspecified atom stereocenters. The fraction of sp³-hybridized carbons (Fsp3) is 0.348. The summed E-state index contributed by atoms with van der Waals surface area (Å²) in [6, 6.07) is 15.1. The molecule has 0 aliphatic heterocycles. The van der Waals surface area contributed by atoms with Crippen LogP contribution in [0.15, 0.2) is 58.5 Å². The monoisotopic (exact) mass is 425 g/mol. The molecule has 0 aliphatic rings. The summed E-state index contributed by atoms with van der Waals surface area (Å²) in [6.07, 6.45) is 2.56. The van der Waals surface area contributed by atoms with Crippen molar-refractivity contribution in [3.63, 3.8) is 0 Å². The number of rotatable bonds is 10. The highest BCUT2D eigenvalue weighted by atomic mass is 32.2. The van der Waals surface area contributed by atoms with E-state index in [9.17, 15) is 9.59 Å². The van der Waals surface area contributed by atoms with E-state index in [2.05, 4.69) is 17.2 Å². The Kier molecular flexibility index (Phi) is 7.90. The molecule has 1 amide bonds. The van der Waals surface area contributed by atoms with Crippen molar-refractivity contribution in [3.8, 4) is 5.75 Å². The molecule has 0 aliphatic carbocycles. The number of amides is 1. The number of unbranched alkanes of at least 4 members (excludes halogenated alkanes) is 1. The Morgan fingerprint density at radius 2 is 1.93 bits per heavy atom. The number of methoxy groups -OCH3 is 1. The van der Waals surface area contributed by atoms with Gasteiger partial charge in [-0.25, -0.2) is 4.98 Å². The molecule has 2 aromatic carbocycles. The first kappa shape index (κ1) is 21.9. The SMILES string of the molecule is CCCCn1c(SCC(=O)NCCc2ccccc2OC)nc2ccccc2c1=O. The van der Waals surface area contributed by atoms with Gasteiger partial charge in [0.15, 0.2) is 5.16 Å². The Bertz CT molecular complexity index is 1060. The summed E-state index contributed by atoms with van der Waals surface area (Å²) in [5.41, 5.74) is 1.67. The van der Waals surface area contributed by atoms with Crippen LogP contribution in [0.2, 0.25) is 0 Å². The molecule has 0 bridgehead atoms. The van der Waals surface area contributed by atoms with Crippen LogP contribution in [0, 0.1) is 0 Å². The van der Waals surface area contributed by atoms with Crippen molar-refractivity contribution >= 4 is 28.6 Å². The van der Waals surface area contributed by atoms with Crippen molar-refractivity contribution in [2.45, 2.75) is 37.9 Å². The van der Waals surface area contributed by atoms with Crippen molar-refractivity contribution in [2.75, 3.05) is 19.4 Å². The summed E-state index contributed by atoms with van der Waals surface area (Å²) in [5.74, 6) is 0.948. The summed E-state index contributed by atoms with van der Waals surface area (Å²) in [7, 11) is 1.64. The van der Waals surface area contributed by atoms with Gasteiger partial charge in [-0.3, -0.25) is 14.2 Å². The number of hydrogen-bond donors (Lipinski definition) is 1. The summed E-state index contributed by atoms with van der Waals surface area (Å²) in [4.78, 5) is 29.9. The highest BCUT2D eigenvalue weighted by Gasteiger charge is 2.13. The average molecular weight is 426 g/mol. The van der Waals surface area contributed by atoms with Crippen LogP contribution in [-0.4, -0.2) is 34.9 Å². The zero-order valence-electron chi connectivity index (χ0n) is 17.4. The predicted octanol–water partition coefficient (Wildman–Crippen LogP) is 3.66. The van der Waals surface area contributed by atoms with Crippen LogP contribution >= 0.6 is 11.8 Å². The number of thioether (sulfide) groups is 1. The van der Waals surface area contributed by atoms with E-state index in [1.807, 2.05) is 42.5 Å². The molecule has 6 nitrogen and oxygen atoms in total. The molecule has 0 saturated carbocycles. The standard InChI is InChI=1S/C23H27N3O3S/c1-3-4-15-26-22(28)18-10-6-7-11-19(18)25-23(26)30-16-21(27)24-14-13-17-9-5-8-12-20(17)29-2/h5-12H,3-4,13-16H2,1-2H3,(H,24,27). The highest BCUT2D eigenvalue weighted by Crippen LogP contribution is 2.19. The minimum Gasteiger partial charge on any atom is -0.496 e. The van der Waals surface area contributed by atoms with Gasteiger partial charge in [-0.1, -0.05) is 55.4 Å². The Morgan fingerprint density at radius 3 is 2.73 bits per heavy atom. The number of aromatic nitrogens is 2. The molecular weight excluding hydrogens is 398 g/mol. The van der Waals surface area contributed by atoms with Gasteiger partial charge >= 0.3 is 0 Å². The van der Waals surface area contributed by atoms with E-state index in [1.54, 1.807) is 17.7 Å². The van der Waals surface area contributed by atoms with E-state index in [0.29, 0.717) is 35.6 Å². The minimum absolute atomic E-state index is 0.0480. The maximum atomic E-state index is 12.9. The number of ether oxygens (including phenoxy) is 1. The first-order valence-corrected chi connectivity index (χ1v) is 11.1. The van der Waals surface area contributed by atoms with E-state index in [-0.39, 0.29) is 17.2 Å². The van der Waals surface area contributed by atoms with Gasteiger partial charge in [0, 0.05) is 13.1 Å². The van der Waals surface area contributed by atoms with Crippen LogP contribution in [0.5, 0.6) is 5.75 Å². The van der Waals surface area contributed by atoms with Crippen molar-refractivity contribution in [1.29, 1.82) is 0 Å². The van der Waals surface area contributed by atoms with Gasteiger partial charge in [-0.05, 0) is 36.6 Å². The second-order valence-corrected chi connectivity index (χ2v) is 7.86.